The number of esters is 2. The Morgan fingerprint density at radius 1 is 1.08 bits per heavy atom. The number of ether oxygens (including phenoxy) is 2. The van der Waals surface area contributed by atoms with E-state index in [1.165, 1.54) is 7.11 Å². The molecule has 1 heterocycles. The van der Waals surface area contributed by atoms with Crippen molar-refractivity contribution in [2.45, 2.75) is 24.7 Å². The van der Waals surface area contributed by atoms with E-state index in [1.54, 1.807) is 6.08 Å². The number of carbonyl (C=O) groups excluding carboxylic acids is 2. The lowest BCUT2D eigenvalue weighted by Gasteiger charge is -2.40. The van der Waals surface area contributed by atoms with Crippen molar-refractivity contribution in [3.8, 4) is 0 Å². The molecule has 128 valence electrons. The molecule has 0 bridgehead atoms. The van der Waals surface area contributed by atoms with Crippen molar-refractivity contribution in [2.75, 3.05) is 7.11 Å². The topological polar surface area (TPSA) is 52.6 Å². The molecule has 0 N–H and O–H groups in total. The molecular weight excluding hydrogens is 316 g/mol. The smallest absolute Gasteiger partial charge is 0.373 e. The van der Waals surface area contributed by atoms with Gasteiger partial charge in [0.1, 0.15) is 5.41 Å². The molecule has 0 amide bonds. The summed E-state index contributed by atoms with van der Waals surface area (Å²) in [5.74, 6) is -1.46. The minimum absolute atomic E-state index is 0.0543. The summed E-state index contributed by atoms with van der Waals surface area (Å²) in [6, 6.07) is 19.3. The summed E-state index contributed by atoms with van der Waals surface area (Å²) in [5, 5.41) is 0. The van der Waals surface area contributed by atoms with Gasteiger partial charge < -0.3 is 9.47 Å². The van der Waals surface area contributed by atoms with Crippen molar-refractivity contribution >= 4 is 11.9 Å². The van der Waals surface area contributed by atoms with Crippen LogP contribution in [0, 0.1) is 0 Å². The van der Waals surface area contributed by atoms with Crippen molar-refractivity contribution in [3.63, 3.8) is 0 Å². The van der Waals surface area contributed by atoms with Crippen LogP contribution in [0.3, 0.4) is 0 Å². The van der Waals surface area contributed by atoms with Crippen LogP contribution in [0.5, 0.6) is 0 Å². The van der Waals surface area contributed by atoms with Crippen molar-refractivity contribution in [1.29, 1.82) is 0 Å². The predicted molar refractivity (Wildman–Crippen MR) is 93.8 cm³/mol. The molecule has 4 nitrogen and oxygen atoms in total. The third-order valence-corrected chi connectivity index (χ3v) is 4.81. The van der Waals surface area contributed by atoms with Gasteiger partial charge in [-0.3, -0.25) is 4.79 Å². The van der Waals surface area contributed by atoms with Gasteiger partial charge in [0.25, 0.3) is 0 Å². The minimum atomic E-state index is -0.889. The molecule has 0 fully saturated rings. The Kier molecular flexibility index (Phi) is 4.70. The third-order valence-electron chi connectivity index (χ3n) is 4.81. The fourth-order valence-electron chi connectivity index (χ4n) is 3.50. The van der Waals surface area contributed by atoms with Gasteiger partial charge in [-0.05, 0) is 23.6 Å². The molecule has 25 heavy (non-hydrogen) atoms. The molecule has 2 aromatic rings. The zero-order valence-corrected chi connectivity index (χ0v) is 14.3. The van der Waals surface area contributed by atoms with Crippen LogP contribution in [0.15, 0.2) is 72.5 Å². The average Bonchev–Trinajstić information content (AvgIpc) is 2.68. The average molecular weight is 336 g/mol. The maximum Gasteiger partial charge on any atom is 0.373 e. The fraction of sp³-hybridized carbons (Fsp3) is 0.238. The first-order chi connectivity index (χ1) is 12.1. The number of rotatable bonds is 4. The fourth-order valence-corrected chi connectivity index (χ4v) is 3.50. The Bertz CT molecular complexity index is 795. The summed E-state index contributed by atoms with van der Waals surface area (Å²) >= 11 is 0. The first-order valence-electron chi connectivity index (χ1n) is 8.26. The normalized spacial score (nSPS) is 22.7. The molecule has 2 atom stereocenters. The number of cyclic esters (lactones) is 1. The van der Waals surface area contributed by atoms with Gasteiger partial charge in [0.2, 0.25) is 5.76 Å². The molecule has 0 aliphatic carbocycles. The van der Waals surface area contributed by atoms with E-state index in [1.807, 2.05) is 67.6 Å². The van der Waals surface area contributed by atoms with Crippen LogP contribution in [0.25, 0.3) is 0 Å². The van der Waals surface area contributed by atoms with E-state index in [0.717, 1.165) is 11.1 Å². The highest BCUT2D eigenvalue weighted by molar-refractivity contribution is 5.95. The van der Waals surface area contributed by atoms with Crippen LogP contribution in [0.2, 0.25) is 0 Å². The second-order valence-electron chi connectivity index (χ2n) is 5.99. The lowest BCUT2D eigenvalue weighted by atomic mass is 9.64. The summed E-state index contributed by atoms with van der Waals surface area (Å²) in [7, 11) is 1.27. The lowest BCUT2D eigenvalue weighted by Crippen LogP contribution is -2.45. The second kappa shape index (κ2) is 6.93. The highest BCUT2D eigenvalue weighted by Gasteiger charge is 2.51. The second-order valence-corrected chi connectivity index (χ2v) is 5.99. The SMILES string of the molecule is CC[C@@]1(c2ccccc2)C(=O)OC(C(=O)OC)=C[C@H]1c1ccccc1. The molecule has 0 radical (unpaired) electrons. The molecule has 0 aromatic heterocycles. The Labute approximate surface area is 147 Å². The van der Waals surface area contributed by atoms with Crippen molar-refractivity contribution in [2.24, 2.45) is 0 Å². The number of carbonyl (C=O) groups is 2. The summed E-state index contributed by atoms with van der Waals surface area (Å²) in [5.41, 5.74) is 0.933. The molecule has 3 rings (SSSR count). The molecule has 0 unspecified atom stereocenters. The molecule has 0 saturated heterocycles. The first-order valence-corrected chi connectivity index (χ1v) is 8.26. The Hall–Kier alpha value is -2.88. The Balaban J connectivity index is 2.23. The van der Waals surface area contributed by atoms with Crippen LogP contribution in [0.1, 0.15) is 30.4 Å². The van der Waals surface area contributed by atoms with Gasteiger partial charge in [0.05, 0.1) is 7.11 Å². The zero-order valence-electron chi connectivity index (χ0n) is 14.3. The molecule has 1 aliphatic rings. The summed E-state index contributed by atoms with van der Waals surface area (Å²) in [6.45, 7) is 1.96. The van der Waals surface area contributed by atoms with E-state index in [0.29, 0.717) is 6.42 Å². The Morgan fingerprint density at radius 2 is 1.68 bits per heavy atom. The van der Waals surface area contributed by atoms with Gasteiger partial charge in [-0.25, -0.2) is 4.79 Å². The number of benzene rings is 2. The predicted octanol–water partition coefficient (Wildman–Crippen LogP) is 3.73. The molecular formula is C21H20O4. The first kappa shape index (κ1) is 17.0. The lowest BCUT2D eigenvalue weighted by molar-refractivity contribution is -0.156. The van der Waals surface area contributed by atoms with Crippen LogP contribution in [0.4, 0.5) is 0 Å². The van der Waals surface area contributed by atoms with Crippen molar-refractivity contribution < 1.29 is 19.1 Å². The monoisotopic (exact) mass is 336 g/mol. The largest absolute Gasteiger partial charge is 0.463 e. The summed E-state index contributed by atoms with van der Waals surface area (Å²) < 4.78 is 10.1. The van der Waals surface area contributed by atoms with Gasteiger partial charge in [0.15, 0.2) is 0 Å². The standard InChI is InChI=1S/C21H20O4/c1-3-21(16-12-8-5-9-13-16)17(15-10-6-4-7-11-15)14-18(19(22)24-2)25-20(21)23/h4-14,17H,3H2,1-2H3/t17-,21-/m0/s1. The van der Waals surface area contributed by atoms with E-state index >= 15 is 0 Å². The van der Waals surface area contributed by atoms with Gasteiger partial charge in [-0.15, -0.1) is 0 Å². The summed E-state index contributed by atoms with van der Waals surface area (Å²) in [6.07, 6.45) is 2.25. The highest BCUT2D eigenvalue weighted by atomic mass is 16.6. The van der Waals surface area contributed by atoms with Crippen molar-refractivity contribution in [3.05, 3.63) is 83.6 Å². The van der Waals surface area contributed by atoms with E-state index in [4.69, 9.17) is 9.47 Å². The van der Waals surface area contributed by atoms with Crippen LogP contribution in [-0.4, -0.2) is 19.0 Å². The number of hydrogen-bond donors (Lipinski definition) is 0. The number of allylic oxidation sites excluding steroid dienone is 1. The van der Waals surface area contributed by atoms with E-state index < -0.39 is 17.4 Å². The molecule has 0 saturated carbocycles. The zero-order chi connectivity index (χ0) is 17.9. The molecule has 2 aromatic carbocycles. The molecule has 0 spiro atoms. The van der Waals surface area contributed by atoms with E-state index in [9.17, 15) is 9.59 Å². The van der Waals surface area contributed by atoms with Crippen LogP contribution >= 0.6 is 0 Å². The quantitative estimate of drug-likeness (QED) is 0.798. The third kappa shape index (κ3) is 2.84. The van der Waals surface area contributed by atoms with Crippen molar-refractivity contribution in [1.82, 2.24) is 0 Å². The van der Waals surface area contributed by atoms with Gasteiger partial charge >= 0.3 is 11.9 Å². The van der Waals surface area contributed by atoms with Crippen LogP contribution in [-0.2, 0) is 24.5 Å². The van der Waals surface area contributed by atoms with E-state index in [2.05, 4.69) is 0 Å². The number of hydrogen-bond acceptors (Lipinski definition) is 4. The molecule has 4 heteroatoms. The van der Waals surface area contributed by atoms with Gasteiger partial charge in [-0.1, -0.05) is 67.6 Å². The van der Waals surface area contributed by atoms with Gasteiger partial charge in [-0.2, -0.15) is 0 Å². The highest BCUT2D eigenvalue weighted by Crippen LogP contribution is 2.47. The Morgan fingerprint density at radius 3 is 2.24 bits per heavy atom. The number of methoxy groups -OCH3 is 1. The minimum Gasteiger partial charge on any atom is -0.463 e. The van der Waals surface area contributed by atoms with E-state index in [-0.39, 0.29) is 11.7 Å². The van der Waals surface area contributed by atoms with Crippen LogP contribution < -0.4 is 0 Å². The maximum atomic E-state index is 13.1. The van der Waals surface area contributed by atoms with Gasteiger partial charge in [0, 0.05) is 5.92 Å². The maximum absolute atomic E-state index is 13.1. The molecule has 1 aliphatic heterocycles. The summed E-state index contributed by atoms with van der Waals surface area (Å²) in [4.78, 5) is 25.0.